The number of carbonyl (C=O) groups excluding carboxylic acids is 3. The molecule has 7 rings (SSSR count). The predicted molar refractivity (Wildman–Crippen MR) is 177 cm³/mol. The van der Waals surface area contributed by atoms with E-state index in [1.165, 1.54) is 14.2 Å². The van der Waals surface area contributed by atoms with Crippen molar-refractivity contribution in [2.75, 3.05) is 34.2 Å². The third-order valence-corrected chi connectivity index (χ3v) is 10.3. The van der Waals surface area contributed by atoms with Crippen LogP contribution >= 0.6 is 46.4 Å². The number of esters is 3. The summed E-state index contributed by atoms with van der Waals surface area (Å²) in [5.41, 5.74) is 1.69. The normalized spacial score (nSPS) is 31.7. The number of phenols is 1. The molecule has 19 heteroatoms. The number of fused-ring (bicyclic) bond motifs is 4. The quantitative estimate of drug-likeness (QED) is 0.218. The molecule has 0 amide bonds. The second-order valence-electron chi connectivity index (χ2n) is 12.4. The van der Waals surface area contributed by atoms with Crippen LogP contribution < -0.4 is 18.9 Å². The molecule has 1 N–H and O–H groups in total. The van der Waals surface area contributed by atoms with Crippen molar-refractivity contribution >= 4 is 64.3 Å². The van der Waals surface area contributed by atoms with E-state index in [4.69, 9.17) is 98.5 Å². The number of phenolic OH excluding ortho intramolecular Hbond substituents is 1. The highest BCUT2D eigenvalue weighted by Gasteiger charge is 2.58. The summed E-state index contributed by atoms with van der Waals surface area (Å²) in [4.78, 5) is 36.2. The minimum absolute atomic E-state index is 0.0284. The van der Waals surface area contributed by atoms with Crippen molar-refractivity contribution < 1.29 is 71.6 Å². The van der Waals surface area contributed by atoms with Crippen LogP contribution in [0.2, 0.25) is 0 Å². The fourth-order valence-corrected chi connectivity index (χ4v) is 7.54. The van der Waals surface area contributed by atoms with Crippen molar-refractivity contribution in [3.63, 3.8) is 0 Å². The van der Waals surface area contributed by atoms with E-state index in [1.54, 1.807) is 31.2 Å². The predicted octanol–water partition coefficient (Wildman–Crippen LogP) is 4.05. The van der Waals surface area contributed by atoms with Crippen LogP contribution in [-0.4, -0.2) is 104 Å². The zero-order chi connectivity index (χ0) is 37.0. The van der Waals surface area contributed by atoms with Crippen LogP contribution in [0.5, 0.6) is 28.7 Å². The third kappa shape index (κ3) is 6.74. The SMILES string of the molecule is COc1cc([C@@H]2c3cc4c(cc3[C@@H](O[C@@H]3OC5COC(C)O[C@H]5[C@H](OC(=O)C(Cl)Cl)C3OC(=O)C(Cl)Cl)[C@H]3COC(=O)[C@H]23)OCO4)cc(OC)c1O. The summed E-state index contributed by atoms with van der Waals surface area (Å²) in [7, 11) is 2.79. The molecule has 4 heterocycles. The van der Waals surface area contributed by atoms with Gasteiger partial charge in [-0.3, -0.25) is 4.79 Å². The molecule has 2 aromatic carbocycles. The maximum Gasteiger partial charge on any atom is 0.340 e. The Kier molecular flexibility index (Phi) is 10.7. The molecule has 5 aliphatic rings. The molecule has 52 heavy (non-hydrogen) atoms. The summed E-state index contributed by atoms with van der Waals surface area (Å²) in [6, 6.07) is 6.68. The zero-order valence-corrected chi connectivity index (χ0v) is 30.6. The molecule has 0 spiro atoms. The maximum absolute atomic E-state index is 13.7. The summed E-state index contributed by atoms with van der Waals surface area (Å²) in [5.74, 6) is -4.09. The van der Waals surface area contributed by atoms with Crippen LogP contribution in [0.4, 0.5) is 0 Å². The van der Waals surface area contributed by atoms with Gasteiger partial charge in [0.05, 0.1) is 39.5 Å². The monoisotopic (exact) mass is 808 g/mol. The first kappa shape index (κ1) is 37.2. The maximum atomic E-state index is 13.7. The van der Waals surface area contributed by atoms with E-state index in [0.717, 1.165) is 0 Å². The van der Waals surface area contributed by atoms with Crippen molar-refractivity contribution in [3.8, 4) is 28.7 Å². The molecule has 3 saturated heterocycles. The summed E-state index contributed by atoms with van der Waals surface area (Å²) in [6.07, 6.45) is -8.18. The van der Waals surface area contributed by atoms with Crippen LogP contribution in [0.15, 0.2) is 24.3 Å². The van der Waals surface area contributed by atoms with Gasteiger partial charge >= 0.3 is 17.9 Å². The van der Waals surface area contributed by atoms with Gasteiger partial charge < -0.3 is 57.2 Å². The Morgan fingerprint density at radius 1 is 0.846 bits per heavy atom. The van der Waals surface area contributed by atoms with Gasteiger partial charge in [-0.25, -0.2) is 9.59 Å². The molecular formula is C33H32Cl4O15. The van der Waals surface area contributed by atoms with Gasteiger partial charge in [0, 0.05) is 11.8 Å². The Morgan fingerprint density at radius 3 is 2.08 bits per heavy atom. The first-order valence-corrected chi connectivity index (χ1v) is 17.7. The lowest BCUT2D eigenvalue weighted by molar-refractivity contribution is -0.365. The second kappa shape index (κ2) is 14.9. The lowest BCUT2D eigenvalue weighted by atomic mass is 9.66. The van der Waals surface area contributed by atoms with Crippen molar-refractivity contribution in [1.82, 2.24) is 0 Å². The summed E-state index contributed by atoms with van der Waals surface area (Å²) in [6.45, 7) is 1.46. The number of ether oxygens (including phenoxy) is 11. The number of methoxy groups -OCH3 is 2. The summed E-state index contributed by atoms with van der Waals surface area (Å²) in [5, 5.41) is 10.7. The Balaban J connectivity index is 1.34. The van der Waals surface area contributed by atoms with Crippen LogP contribution in [0.3, 0.4) is 0 Å². The molecule has 4 aliphatic heterocycles. The van der Waals surface area contributed by atoms with Crippen molar-refractivity contribution in [3.05, 3.63) is 41.0 Å². The molecule has 0 aromatic heterocycles. The molecule has 2 aromatic rings. The molecule has 3 fully saturated rings. The van der Waals surface area contributed by atoms with Gasteiger partial charge in [-0.05, 0) is 47.9 Å². The van der Waals surface area contributed by atoms with Gasteiger partial charge in [-0.1, -0.05) is 46.4 Å². The van der Waals surface area contributed by atoms with Gasteiger partial charge in [0.25, 0.3) is 0 Å². The first-order valence-electron chi connectivity index (χ1n) is 16.0. The van der Waals surface area contributed by atoms with Crippen molar-refractivity contribution in [1.29, 1.82) is 0 Å². The highest BCUT2D eigenvalue weighted by Crippen LogP contribution is 2.57. The smallest absolute Gasteiger partial charge is 0.340 e. The lowest BCUT2D eigenvalue weighted by Gasteiger charge is -2.49. The third-order valence-electron chi connectivity index (χ3n) is 9.56. The van der Waals surface area contributed by atoms with E-state index in [1.807, 2.05) is 0 Å². The number of rotatable bonds is 9. The Labute approximate surface area is 316 Å². The molecule has 0 bridgehead atoms. The fourth-order valence-electron chi connectivity index (χ4n) is 7.33. The fraction of sp³-hybridized carbons (Fsp3) is 0.545. The van der Waals surface area contributed by atoms with Crippen molar-refractivity contribution in [2.45, 2.75) is 65.6 Å². The van der Waals surface area contributed by atoms with Crippen LogP contribution in [0.25, 0.3) is 0 Å². The van der Waals surface area contributed by atoms with E-state index in [2.05, 4.69) is 0 Å². The number of halogens is 4. The highest BCUT2D eigenvalue weighted by molar-refractivity contribution is 6.53. The molecule has 282 valence electrons. The number of alkyl halides is 4. The van der Waals surface area contributed by atoms with Gasteiger partial charge in [-0.2, -0.15) is 0 Å². The summed E-state index contributed by atoms with van der Waals surface area (Å²) < 4.78 is 64.1. The molecular weight excluding hydrogens is 778 g/mol. The van der Waals surface area contributed by atoms with E-state index in [9.17, 15) is 19.5 Å². The summed E-state index contributed by atoms with van der Waals surface area (Å²) >= 11 is 23.5. The Hall–Kier alpha value is -3.15. The minimum Gasteiger partial charge on any atom is -0.502 e. The first-order chi connectivity index (χ1) is 24.9. The second-order valence-corrected chi connectivity index (χ2v) is 14.6. The van der Waals surface area contributed by atoms with Gasteiger partial charge in [-0.15, -0.1) is 0 Å². The van der Waals surface area contributed by atoms with Crippen LogP contribution in [0.1, 0.15) is 35.6 Å². The van der Waals surface area contributed by atoms with Crippen LogP contribution in [0, 0.1) is 11.8 Å². The molecule has 3 unspecified atom stereocenters. The molecule has 10 atom stereocenters. The number of aromatic hydroxyl groups is 1. The average molecular weight is 810 g/mol. The number of hydrogen-bond acceptors (Lipinski definition) is 15. The Bertz CT molecular complexity index is 1700. The van der Waals surface area contributed by atoms with Crippen LogP contribution in [-0.2, 0) is 47.5 Å². The number of cyclic esters (lactones) is 1. The van der Waals surface area contributed by atoms with E-state index in [-0.39, 0.29) is 37.3 Å². The van der Waals surface area contributed by atoms with E-state index >= 15 is 0 Å². The zero-order valence-electron chi connectivity index (χ0n) is 27.5. The minimum atomic E-state index is -1.64. The number of benzene rings is 2. The Morgan fingerprint density at radius 2 is 1.46 bits per heavy atom. The number of carbonyl (C=O) groups is 3. The largest absolute Gasteiger partial charge is 0.502 e. The van der Waals surface area contributed by atoms with E-state index < -0.39 is 88.4 Å². The average Bonchev–Trinajstić information content (AvgIpc) is 3.74. The number of hydrogen-bond donors (Lipinski definition) is 1. The standard InChI is InChI=1S/C33H32Cl4O15/c1-11-44-9-20-25(48-11)26(50-31(40)28(34)35)27(51-32(41)29(36)37)33(49-20)52-24-14-7-17-16(46-10-47-17)6-13(14)21(22-15(24)8-45-30(22)39)12-4-18(42-2)23(38)19(5-12)43-3/h4-7,11,15,20-22,24-29,33,38H,8-10H2,1-3H3/t11?,15-,20?,21+,22-,24+,25+,26-,27?,33-/m0/s1. The van der Waals surface area contributed by atoms with Gasteiger partial charge in [0.1, 0.15) is 12.2 Å². The molecule has 0 radical (unpaired) electrons. The molecule has 0 saturated carbocycles. The lowest BCUT2D eigenvalue weighted by Crippen LogP contribution is -2.65. The molecule has 15 nitrogen and oxygen atoms in total. The van der Waals surface area contributed by atoms with Gasteiger partial charge in [0.2, 0.25) is 22.2 Å². The highest BCUT2D eigenvalue weighted by atomic mass is 35.5. The molecule has 1 aliphatic carbocycles. The van der Waals surface area contributed by atoms with E-state index in [0.29, 0.717) is 28.2 Å². The van der Waals surface area contributed by atoms with Crippen molar-refractivity contribution in [2.24, 2.45) is 11.8 Å². The topological polar surface area (TPSA) is 173 Å². The van der Waals surface area contributed by atoms with Gasteiger partial charge in [0.15, 0.2) is 47.8 Å².